The first-order valence-corrected chi connectivity index (χ1v) is 10.5. The zero-order valence-corrected chi connectivity index (χ0v) is 16.7. The fourth-order valence-electron chi connectivity index (χ4n) is 3.90. The highest BCUT2D eigenvalue weighted by atomic mass is 32.1. The van der Waals surface area contributed by atoms with Gasteiger partial charge in [0.25, 0.3) is 5.91 Å². The molecule has 1 aliphatic rings. The number of hydrogen-bond acceptors (Lipinski definition) is 4. The molecule has 3 heterocycles. The second kappa shape index (κ2) is 6.64. The van der Waals surface area contributed by atoms with Crippen LogP contribution in [-0.4, -0.2) is 22.1 Å². The van der Waals surface area contributed by atoms with Crippen LogP contribution in [0.15, 0.2) is 72.0 Å². The van der Waals surface area contributed by atoms with Crippen molar-refractivity contribution in [3.8, 4) is 10.4 Å². The van der Waals surface area contributed by atoms with Crippen molar-refractivity contribution in [2.24, 2.45) is 4.99 Å². The summed E-state index contributed by atoms with van der Waals surface area (Å²) in [5.74, 6) is -0.140. The molecule has 0 spiro atoms. The van der Waals surface area contributed by atoms with Gasteiger partial charge in [0.15, 0.2) is 0 Å². The molecule has 6 rings (SSSR count). The third kappa shape index (κ3) is 2.81. The summed E-state index contributed by atoms with van der Waals surface area (Å²) in [5.41, 5.74) is 6.39. The predicted octanol–water partition coefficient (Wildman–Crippen LogP) is 5.63. The number of nitrogens with zero attached hydrogens (tertiary/aromatic N) is 2. The van der Waals surface area contributed by atoms with Crippen LogP contribution in [-0.2, 0) is 6.54 Å². The van der Waals surface area contributed by atoms with Crippen molar-refractivity contribution < 1.29 is 4.79 Å². The second-order valence-corrected chi connectivity index (χ2v) is 8.38. The number of fused-ring (bicyclic) bond motifs is 3. The van der Waals surface area contributed by atoms with E-state index in [1.54, 1.807) is 17.7 Å². The Bertz CT molecular complexity index is 1440. The van der Waals surface area contributed by atoms with Crippen LogP contribution in [0.1, 0.15) is 21.5 Å². The first-order valence-electron chi connectivity index (χ1n) is 9.65. The van der Waals surface area contributed by atoms with Gasteiger partial charge < -0.3 is 10.3 Å². The lowest BCUT2D eigenvalue weighted by Gasteiger charge is -2.11. The highest BCUT2D eigenvalue weighted by molar-refractivity contribution is 7.22. The number of amides is 1. The molecule has 1 aliphatic heterocycles. The lowest BCUT2D eigenvalue weighted by atomic mass is 9.97. The van der Waals surface area contributed by atoms with E-state index >= 15 is 0 Å². The van der Waals surface area contributed by atoms with E-state index in [-0.39, 0.29) is 5.91 Å². The summed E-state index contributed by atoms with van der Waals surface area (Å²) in [6, 6.07) is 20.1. The fraction of sp³-hybridized carbons (Fsp3) is 0.0417. The molecule has 3 aromatic carbocycles. The number of aromatic amines is 1. The molecule has 0 bridgehead atoms. The molecule has 0 saturated carbocycles. The van der Waals surface area contributed by atoms with E-state index in [0.29, 0.717) is 12.1 Å². The molecule has 1 amide bonds. The molecule has 0 saturated heterocycles. The third-order valence-electron chi connectivity index (χ3n) is 5.40. The van der Waals surface area contributed by atoms with Crippen LogP contribution in [0.4, 0.5) is 5.69 Å². The summed E-state index contributed by atoms with van der Waals surface area (Å²) in [6.45, 7) is 0.650. The Kier molecular flexibility index (Phi) is 3.79. The number of hydrogen-bond donors (Lipinski definition) is 2. The Labute approximate surface area is 176 Å². The van der Waals surface area contributed by atoms with E-state index in [9.17, 15) is 4.79 Å². The Morgan fingerprint density at radius 3 is 2.93 bits per heavy atom. The molecule has 0 radical (unpaired) electrons. The number of rotatable bonds is 3. The number of carbonyl (C=O) groups is 1. The summed E-state index contributed by atoms with van der Waals surface area (Å²) in [4.78, 5) is 26.0. The van der Waals surface area contributed by atoms with Gasteiger partial charge in [-0.2, -0.15) is 0 Å². The monoisotopic (exact) mass is 408 g/mol. The second-order valence-electron chi connectivity index (χ2n) is 7.30. The van der Waals surface area contributed by atoms with E-state index in [4.69, 9.17) is 0 Å². The summed E-state index contributed by atoms with van der Waals surface area (Å²) in [7, 11) is 0. The number of carbonyl (C=O) groups excluding carboxylic acids is 1. The topological polar surface area (TPSA) is 70.1 Å². The minimum atomic E-state index is -0.140. The van der Waals surface area contributed by atoms with Crippen LogP contribution < -0.4 is 5.32 Å². The molecule has 6 heteroatoms. The minimum Gasteiger partial charge on any atom is -0.345 e. The van der Waals surface area contributed by atoms with Crippen molar-refractivity contribution >= 4 is 50.3 Å². The summed E-state index contributed by atoms with van der Waals surface area (Å²) < 4.78 is 1.24. The molecule has 2 aromatic heterocycles. The minimum absolute atomic E-state index is 0.140. The van der Waals surface area contributed by atoms with Gasteiger partial charge in [0.1, 0.15) is 0 Å². The van der Waals surface area contributed by atoms with Gasteiger partial charge in [-0.05, 0) is 64.5 Å². The molecule has 144 valence electrons. The molecule has 0 fully saturated rings. The lowest BCUT2D eigenvalue weighted by Crippen LogP contribution is -2.12. The number of H-pyrrole nitrogens is 1. The Morgan fingerprint density at radius 1 is 1.07 bits per heavy atom. The molecule has 5 aromatic rings. The zero-order valence-electron chi connectivity index (χ0n) is 15.8. The Hall–Kier alpha value is -3.77. The van der Waals surface area contributed by atoms with Crippen LogP contribution in [0.25, 0.3) is 31.6 Å². The van der Waals surface area contributed by atoms with Crippen molar-refractivity contribution in [3.63, 3.8) is 0 Å². The number of aromatic nitrogens is 2. The number of benzene rings is 3. The van der Waals surface area contributed by atoms with E-state index < -0.39 is 0 Å². The number of anilines is 1. The molecular weight excluding hydrogens is 392 g/mol. The number of imidazole rings is 1. The highest BCUT2D eigenvalue weighted by Gasteiger charge is 2.19. The first-order chi connectivity index (χ1) is 14.7. The van der Waals surface area contributed by atoms with Gasteiger partial charge >= 0.3 is 0 Å². The van der Waals surface area contributed by atoms with Crippen LogP contribution in [0.2, 0.25) is 0 Å². The molecule has 0 atom stereocenters. The van der Waals surface area contributed by atoms with Crippen LogP contribution in [0.5, 0.6) is 0 Å². The smallest absolute Gasteiger partial charge is 0.255 e. The van der Waals surface area contributed by atoms with Gasteiger partial charge in [-0.15, -0.1) is 11.3 Å². The average molecular weight is 408 g/mol. The van der Waals surface area contributed by atoms with Crippen LogP contribution >= 0.6 is 11.3 Å². The number of nitrogens with one attached hydrogen (secondary N) is 2. The quantitative estimate of drug-likeness (QED) is 0.406. The van der Waals surface area contributed by atoms with Gasteiger partial charge in [-0.25, -0.2) is 4.98 Å². The van der Waals surface area contributed by atoms with E-state index in [2.05, 4.69) is 44.5 Å². The van der Waals surface area contributed by atoms with Crippen molar-refractivity contribution in [2.75, 3.05) is 5.32 Å². The van der Waals surface area contributed by atoms with Gasteiger partial charge in [-0.3, -0.25) is 9.79 Å². The Morgan fingerprint density at radius 2 is 2.00 bits per heavy atom. The maximum Gasteiger partial charge on any atom is 0.255 e. The molecule has 0 unspecified atom stereocenters. The normalized spacial score (nSPS) is 12.5. The summed E-state index contributed by atoms with van der Waals surface area (Å²) >= 11 is 1.74. The van der Waals surface area contributed by atoms with Gasteiger partial charge in [-0.1, -0.05) is 18.2 Å². The van der Waals surface area contributed by atoms with Gasteiger partial charge in [0.2, 0.25) is 0 Å². The van der Waals surface area contributed by atoms with E-state index in [1.807, 2.05) is 42.6 Å². The molecule has 2 N–H and O–H groups in total. The molecule has 30 heavy (non-hydrogen) atoms. The molecule has 0 aliphatic carbocycles. The molecular formula is C24H16N4OS. The number of thiophene rings is 1. The fourth-order valence-corrected chi connectivity index (χ4v) is 5.01. The van der Waals surface area contributed by atoms with Crippen molar-refractivity contribution in [3.05, 3.63) is 83.7 Å². The highest BCUT2D eigenvalue weighted by Crippen LogP contribution is 2.38. The number of aliphatic imine (C=N–C) groups is 1. The SMILES string of the molecule is O=C(Nc1ccc2nc[nH]c2c1)c1cc2c(c(-c3cc4ccccc4s3)c1)CN=C2. The van der Waals surface area contributed by atoms with Crippen LogP contribution in [0.3, 0.4) is 0 Å². The van der Waals surface area contributed by atoms with Gasteiger partial charge in [0.05, 0.1) is 23.9 Å². The Balaban J connectivity index is 1.40. The lowest BCUT2D eigenvalue weighted by molar-refractivity contribution is 0.102. The molecule has 5 nitrogen and oxygen atoms in total. The standard InChI is InChI=1S/C24H16N4OS/c29-24(28-17-5-6-20-21(10-17)27-13-26-20)15-7-16-11-25-12-19(16)18(8-15)23-9-14-3-1-2-4-22(14)30-23/h1-11,13H,12H2,(H,26,27)(H,28,29). The van der Waals surface area contributed by atoms with E-state index in [1.165, 1.54) is 15.6 Å². The van der Waals surface area contributed by atoms with Crippen molar-refractivity contribution in [2.45, 2.75) is 6.54 Å². The maximum absolute atomic E-state index is 13.1. The predicted molar refractivity (Wildman–Crippen MR) is 123 cm³/mol. The third-order valence-corrected chi connectivity index (χ3v) is 6.54. The maximum atomic E-state index is 13.1. The largest absolute Gasteiger partial charge is 0.345 e. The van der Waals surface area contributed by atoms with E-state index in [0.717, 1.165) is 32.7 Å². The summed E-state index contributed by atoms with van der Waals surface area (Å²) in [6.07, 6.45) is 3.51. The van der Waals surface area contributed by atoms with Crippen LogP contribution in [0, 0.1) is 0 Å². The summed E-state index contributed by atoms with van der Waals surface area (Å²) in [5, 5.41) is 4.22. The van der Waals surface area contributed by atoms with Crippen molar-refractivity contribution in [1.82, 2.24) is 9.97 Å². The van der Waals surface area contributed by atoms with Crippen molar-refractivity contribution in [1.29, 1.82) is 0 Å². The zero-order chi connectivity index (χ0) is 20.1. The first kappa shape index (κ1) is 17.1. The van der Waals surface area contributed by atoms with Gasteiger partial charge in [0, 0.05) is 27.0 Å². The average Bonchev–Trinajstić information content (AvgIpc) is 3.50.